The highest BCUT2D eigenvalue weighted by atomic mass is 79.9. The minimum Gasteiger partial charge on any atom is -0.350 e. The smallest absolute Gasteiger partial charge is 0.230 e. The van der Waals surface area contributed by atoms with Gasteiger partial charge in [-0.05, 0) is 58.6 Å². The van der Waals surface area contributed by atoms with Crippen molar-refractivity contribution in [1.82, 2.24) is 5.32 Å². The van der Waals surface area contributed by atoms with E-state index in [0.717, 1.165) is 27.1 Å². The molecule has 2 nitrogen and oxygen atoms in total. The summed E-state index contributed by atoms with van der Waals surface area (Å²) in [6, 6.07) is 11.6. The van der Waals surface area contributed by atoms with Gasteiger partial charge in [0.1, 0.15) is 0 Å². The molecule has 0 saturated heterocycles. The largest absolute Gasteiger partial charge is 0.350 e. The Morgan fingerprint density at radius 2 is 1.95 bits per heavy atom. The molecule has 5 heteroatoms. The second-order valence-corrected chi connectivity index (χ2v) is 7.96. The maximum Gasteiger partial charge on any atom is 0.230 e. The molecule has 0 unspecified atom stereocenters. The van der Waals surface area contributed by atoms with Crippen molar-refractivity contribution in [3.8, 4) is 0 Å². The topological polar surface area (TPSA) is 29.1 Å². The number of amides is 1. The van der Waals surface area contributed by atoms with E-state index in [2.05, 4.69) is 21.2 Å². The van der Waals surface area contributed by atoms with Gasteiger partial charge < -0.3 is 5.32 Å². The van der Waals surface area contributed by atoms with E-state index < -0.39 is 0 Å². The van der Waals surface area contributed by atoms with Gasteiger partial charge in [-0.25, -0.2) is 0 Å². The molecular weight excluding hydrogens is 358 g/mol. The maximum atomic E-state index is 12.4. The third-order valence-corrected chi connectivity index (χ3v) is 5.51. The normalized spacial score (nSPS) is 15.9. The standard InChI is InChI=1S/C15H13BrClNOS/c16-13-6-5-12(20-13)9-18-14(19)15(7-8-15)10-1-3-11(17)4-2-10/h1-6H,7-9H2,(H,18,19). The molecule has 0 spiro atoms. The maximum absolute atomic E-state index is 12.4. The molecule has 0 bridgehead atoms. The first kappa shape index (κ1) is 14.1. The molecule has 0 atom stereocenters. The number of hydrogen-bond donors (Lipinski definition) is 1. The summed E-state index contributed by atoms with van der Waals surface area (Å²) in [5.74, 6) is 0.115. The van der Waals surface area contributed by atoms with Crippen LogP contribution in [-0.2, 0) is 16.8 Å². The average Bonchev–Trinajstić information content (AvgIpc) is 3.15. The van der Waals surface area contributed by atoms with Gasteiger partial charge in [0.2, 0.25) is 5.91 Å². The Hall–Kier alpha value is -0.840. The molecule has 1 amide bonds. The fraction of sp³-hybridized carbons (Fsp3) is 0.267. The van der Waals surface area contributed by atoms with Gasteiger partial charge in [0, 0.05) is 9.90 Å². The molecule has 1 aliphatic rings. The molecule has 104 valence electrons. The lowest BCUT2D eigenvalue weighted by atomic mass is 9.95. The molecule has 2 aromatic rings. The molecule has 0 aliphatic heterocycles. The Morgan fingerprint density at radius 3 is 2.50 bits per heavy atom. The van der Waals surface area contributed by atoms with Crippen LogP contribution in [0.3, 0.4) is 0 Å². The van der Waals surface area contributed by atoms with Crippen LogP contribution in [0.15, 0.2) is 40.2 Å². The van der Waals surface area contributed by atoms with Crippen LogP contribution in [0, 0.1) is 0 Å². The van der Waals surface area contributed by atoms with Crippen LogP contribution >= 0.6 is 38.9 Å². The third-order valence-electron chi connectivity index (χ3n) is 3.63. The number of carbonyl (C=O) groups excluding carboxylic acids is 1. The summed E-state index contributed by atoms with van der Waals surface area (Å²) in [7, 11) is 0. The molecule has 1 saturated carbocycles. The Bertz CT molecular complexity index is 634. The van der Waals surface area contributed by atoms with E-state index in [4.69, 9.17) is 11.6 Å². The predicted molar refractivity (Wildman–Crippen MR) is 86.2 cm³/mol. The summed E-state index contributed by atoms with van der Waals surface area (Å²) >= 11 is 11.0. The van der Waals surface area contributed by atoms with E-state index >= 15 is 0 Å². The van der Waals surface area contributed by atoms with Gasteiger partial charge in [0.15, 0.2) is 0 Å². The van der Waals surface area contributed by atoms with Gasteiger partial charge in [0.25, 0.3) is 0 Å². The van der Waals surface area contributed by atoms with Crippen molar-refractivity contribution in [2.24, 2.45) is 0 Å². The summed E-state index contributed by atoms with van der Waals surface area (Å²) in [6.45, 7) is 0.588. The van der Waals surface area contributed by atoms with E-state index in [1.807, 2.05) is 36.4 Å². The minimum atomic E-state index is -0.334. The average molecular weight is 371 g/mol. The number of nitrogens with one attached hydrogen (secondary N) is 1. The second kappa shape index (κ2) is 5.51. The van der Waals surface area contributed by atoms with E-state index in [1.54, 1.807) is 11.3 Å². The summed E-state index contributed by atoms with van der Waals surface area (Å²) in [5, 5.41) is 3.75. The second-order valence-electron chi connectivity index (χ2n) is 4.98. The van der Waals surface area contributed by atoms with Crippen LogP contribution in [0.25, 0.3) is 0 Å². The number of hydrogen-bond acceptors (Lipinski definition) is 2. The highest BCUT2D eigenvalue weighted by molar-refractivity contribution is 9.11. The van der Waals surface area contributed by atoms with Crippen molar-refractivity contribution in [1.29, 1.82) is 0 Å². The highest BCUT2D eigenvalue weighted by Gasteiger charge is 2.51. The molecule has 1 N–H and O–H groups in total. The molecule has 1 fully saturated rings. The van der Waals surface area contributed by atoms with Crippen molar-refractivity contribution in [3.63, 3.8) is 0 Å². The highest BCUT2D eigenvalue weighted by Crippen LogP contribution is 2.48. The number of thiophene rings is 1. The molecule has 20 heavy (non-hydrogen) atoms. The zero-order valence-corrected chi connectivity index (χ0v) is 13.8. The van der Waals surface area contributed by atoms with Crippen LogP contribution in [-0.4, -0.2) is 5.91 Å². The Morgan fingerprint density at radius 1 is 1.25 bits per heavy atom. The molecule has 1 aliphatic carbocycles. The Kier molecular flexibility index (Phi) is 3.89. The Labute approximate surface area is 135 Å². The zero-order chi connectivity index (χ0) is 14.2. The van der Waals surface area contributed by atoms with E-state index in [1.165, 1.54) is 0 Å². The van der Waals surface area contributed by atoms with E-state index in [9.17, 15) is 4.79 Å². The lowest BCUT2D eigenvalue weighted by Crippen LogP contribution is -2.34. The van der Waals surface area contributed by atoms with Crippen molar-refractivity contribution < 1.29 is 4.79 Å². The molecule has 0 radical (unpaired) electrons. The van der Waals surface area contributed by atoms with Crippen LogP contribution in [0.4, 0.5) is 0 Å². The molecule has 3 rings (SSSR count). The van der Waals surface area contributed by atoms with Gasteiger partial charge >= 0.3 is 0 Å². The number of carbonyl (C=O) groups is 1. The SMILES string of the molecule is O=C(NCc1ccc(Br)s1)C1(c2ccc(Cl)cc2)CC1. The van der Waals surface area contributed by atoms with Gasteiger partial charge in [-0.15, -0.1) is 11.3 Å². The Balaban J connectivity index is 1.68. The van der Waals surface area contributed by atoms with Gasteiger partial charge in [-0.1, -0.05) is 23.7 Å². The zero-order valence-electron chi connectivity index (χ0n) is 10.7. The summed E-state index contributed by atoms with van der Waals surface area (Å²) in [5.41, 5.74) is 0.728. The minimum absolute atomic E-state index is 0.115. The van der Waals surface area contributed by atoms with Crippen LogP contribution in [0.1, 0.15) is 23.3 Å². The van der Waals surface area contributed by atoms with Crippen molar-refractivity contribution in [3.05, 3.63) is 55.6 Å². The number of rotatable bonds is 4. The van der Waals surface area contributed by atoms with Crippen LogP contribution in [0.5, 0.6) is 0 Å². The first-order chi connectivity index (χ1) is 9.60. The first-order valence-electron chi connectivity index (χ1n) is 6.39. The van der Waals surface area contributed by atoms with Crippen molar-refractivity contribution in [2.45, 2.75) is 24.8 Å². The van der Waals surface area contributed by atoms with E-state index in [0.29, 0.717) is 11.6 Å². The lowest BCUT2D eigenvalue weighted by molar-refractivity contribution is -0.123. The fourth-order valence-corrected chi connectivity index (χ4v) is 3.87. The van der Waals surface area contributed by atoms with Crippen LogP contribution < -0.4 is 5.32 Å². The van der Waals surface area contributed by atoms with E-state index in [-0.39, 0.29) is 11.3 Å². The summed E-state index contributed by atoms with van der Waals surface area (Å²) in [4.78, 5) is 13.6. The van der Waals surface area contributed by atoms with Crippen LogP contribution in [0.2, 0.25) is 5.02 Å². The third kappa shape index (κ3) is 2.78. The van der Waals surface area contributed by atoms with Gasteiger partial charge in [0.05, 0.1) is 15.7 Å². The van der Waals surface area contributed by atoms with Crippen molar-refractivity contribution >= 4 is 44.8 Å². The lowest BCUT2D eigenvalue weighted by Gasteiger charge is -2.15. The molecule has 1 heterocycles. The molecule has 1 aromatic carbocycles. The number of benzene rings is 1. The number of halogens is 2. The predicted octanol–water partition coefficient (Wildman–Crippen LogP) is 4.51. The first-order valence-corrected chi connectivity index (χ1v) is 8.37. The summed E-state index contributed by atoms with van der Waals surface area (Å²) < 4.78 is 1.08. The summed E-state index contributed by atoms with van der Waals surface area (Å²) in [6.07, 6.45) is 1.82. The quantitative estimate of drug-likeness (QED) is 0.843. The van der Waals surface area contributed by atoms with Crippen molar-refractivity contribution in [2.75, 3.05) is 0 Å². The fourth-order valence-electron chi connectivity index (χ4n) is 2.32. The van der Waals surface area contributed by atoms with Gasteiger partial charge in [-0.2, -0.15) is 0 Å². The monoisotopic (exact) mass is 369 g/mol. The molecular formula is C15H13BrClNOS. The van der Waals surface area contributed by atoms with Gasteiger partial charge in [-0.3, -0.25) is 4.79 Å². The molecule has 1 aromatic heterocycles.